The van der Waals surface area contributed by atoms with Crippen LogP contribution in [-0.2, 0) is 20.7 Å². The predicted octanol–water partition coefficient (Wildman–Crippen LogP) is 1.47. The summed E-state index contributed by atoms with van der Waals surface area (Å²) in [4.78, 5) is 24.0. The van der Waals surface area contributed by atoms with Crippen LogP contribution < -0.4 is 10.6 Å². The summed E-state index contributed by atoms with van der Waals surface area (Å²) in [6, 6.07) is 8.04. The van der Waals surface area contributed by atoms with E-state index < -0.39 is 0 Å². The van der Waals surface area contributed by atoms with E-state index in [-0.39, 0.29) is 36.1 Å². The van der Waals surface area contributed by atoms with Gasteiger partial charge < -0.3 is 15.4 Å². The van der Waals surface area contributed by atoms with Gasteiger partial charge in [-0.25, -0.2) is 0 Å². The number of halogens is 1. The molecule has 1 fully saturated rings. The number of hydrogen-bond donors (Lipinski definition) is 2. The fourth-order valence-corrected chi connectivity index (χ4v) is 2.78. The van der Waals surface area contributed by atoms with Gasteiger partial charge in [-0.05, 0) is 31.9 Å². The molecule has 2 atom stereocenters. The predicted molar refractivity (Wildman–Crippen MR) is 91.6 cm³/mol. The topological polar surface area (TPSA) is 67.4 Å². The quantitative estimate of drug-likeness (QED) is 0.770. The highest BCUT2D eigenvalue weighted by molar-refractivity contribution is 5.85. The highest BCUT2D eigenvalue weighted by Gasteiger charge is 2.25. The lowest BCUT2D eigenvalue weighted by atomic mass is 9.97. The number of benzene rings is 1. The SMILES string of the molecule is COC(=O)C(CNC(=O)C1CCNC1)Cc1cccc(C)c1.Cl. The zero-order chi connectivity index (χ0) is 15.9. The standard InChI is InChI=1S/C17H24N2O3.ClH/c1-12-4-3-5-13(8-12)9-15(17(21)22-2)11-19-16(20)14-6-7-18-10-14;/h3-5,8,14-15,18H,6-7,9-11H2,1-2H3,(H,19,20);1H. The first-order valence-corrected chi connectivity index (χ1v) is 7.72. The van der Waals surface area contributed by atoms with E-state index in [2.05, 4.69) is 16.7 Å². The first-order valence-electron chi connectivity index (χ1n) is 7.72. The minimum Gasteiger partial charge on any atom is -0.469 e. The van der Waals surface area contributed by atoms with Crippen molar-refractivity contribution in [2.24, 2.45) is 11.8 Å². The molecule has 0 radical (unpaired) electrons. The average molecular weight is 341 g/mol. The lowest BCUT2D eigenvalue weighted by Gasteiger charge is -2.17. The van der Waals surface area contributed by atoms with Crippen molar-refractivity contribution in [2.75, 3.05) is 26.7 Å². The molecule has 0 bridgehead atoms. The third-order valence-electron chi connectivity index (χ3n) is 4.05. The third kappa shape index (κ3) is 5.84. The van der Waals surface area contributed by atoms with Gasteiger partial charge in [-0.15, -0.1) is 12.4 Å². The summed E-state index contributed by atoms with van der Waals surface area (Å²) < 4.78 is 4.87. The summed E-state index contributed by atoms with van der Waals surface area (Å²) in [6.45, 7) is 3.93. The second-order valence-electron chi connectivity index (χ2n) is 5.85. The highest BCUT2D eigenvalue weighted by Crippen LogP contribution is 2.13. The zero-order valence-electron chi connectivity index (χ0n) is 13.6. The number of amides is 1. The molecule has 0 aromatic heterocycles. The summed E-state index contributed by atoms with van der Waals surface area (Å²) in [5.74, 6) is -0.614. The van der Waals surface area contributed by atoms with Crippen molar-refractivity contribution in [1.29, 1.82) is 0 Å². The molecule has 0 spiro atoms. The molecule has 2 N–H and O–H groups in total. The van der Waals surface area contributed by atoms with Gasteiger partial charge in [-0.2, -0.15) is 0 Å². The number of methoxy groups -OCH3 is 1. The van der Waals surface area contributed by atoms with Crippen molar-refractivity contribution in [2.45, 2.75) is 19.8 Å². The van der Waals surface area contributed by atoms with E-state index in [1.165, 1.54) is 7.11 Å². The maximum atomic E-state index is 12.1. The lowest BCUT2D eigenvalue weighted by molar-refractivity contribution is -0.145. The molecule has 0 saturated carbocycles. The number of carbonyl (C=O) groups excluding carboxylic acids is 2. The minimum atomic E-state index is -0.356. The van der Waals surface area contributed by atoms with Crippen molar-refractivity contribution < 1.29 is 14.3 Å². The van der Waals surface area contributed by atoms with Crippen molar-refractivity contribution in [3.05, 3.63) is 35.4 Å². The Bertz CT molecular complexity index is 530. The first kappa shape index (κ1) is 19.5. The molecule has 2 unspecified atom stereocenters. The van der Waals surface area contributed by atoms with Gasteiger partial charge in [0.25, 0.3) is 0 Å². The molecule has 1 heterocycles. The molecule has 1 aliphatic rings. The van der Waals surface area contributed by atoms with Gasteiger partial charge in [0.1, 0.15) is 0 Å². The molecule has 1 aromatic rings. The average Bonchev–Trinajstić information content (AvgIpc) is 3.04. The highest BCUT2D eigenvalue weighted by atomic mass is 35.5. The Morgan fingerprint density at radius 1 is 1.43 bits per heavy atom. The molecule has 1 amide bonds. The van der Waals surface area contributed by atoms with Crippen LogP contribution in [0.25, 0.3) is 0 Å². The molecule has 5 nitrogen and oxygen atoms in total. The van der Waals surface area contributed by atoms with Gasteiger partial charge in [0.2, 0.25) is 5.91 Å². The first-order chi connectivity index (χ1) is 10.6. The number of hydrogen-bond acceptors (Lipinski definition) is 4. The Balaban J connectivity index is 0.00000264. The smallest absolute Gasteiger partial charge is 0.310 e. The van der Waals surface area contributed by atoms with Gasteiger partial charge in [0.05, 0.1) is 18.9 Å². The summed E-state index contributed by atoms with van der Waals surface area (Å²) in [7, 11) is 1.38. The molecular formula is C17H25ClN2O3. The Morgan fingerprint density at radius 2 is 2.22 bits per heavy atom. The van der Waals surface area contributed by atoms with Crippen LogP contribution in [0.3, 0.4) is 0 Å². The summed E-state index contributed by atoms with van der Waals surface area (Å²) >= 11 is 0. The number of aryl methyl sites for hydroxylation is 1. The molecule has 6 heteroatoms. The molecule has 128 valence electrons. The second kappa shape index (κ2) is 9.53. The summed E-state index contributed by atoms with van der Waals surface area (Å²) in [6.07, 6.45) is 1.42. The zero-order valence-corrected chi connectivity index (χ0v) is 14.4. The molecule has 1 aromatic carbocycles. The number of esters is 1. The fourth-order valence-electron chi connectivity index (χ4n) is 2.78. The van der Waals surface area contributed by atoms with Gasteiger partial charge in [-0.1, -0.05) is 29.8 Å². The van der Waals surface area contributed by atoms with Gasteiger partial charge in [0, 0.05) is 13.1 Å². The van der Waals surface area contributed by atoms with E-state index >= 15 is 0 Å². The van der Waals surface area contributed by atoms with Crippen molar-refractivity contribution in [3.8, 4) is 0 Å². The van der Waals surface area contributed by atoms with Crippen LogP contribution in [0.1, 0.15) is 17.5 Å². The van der Waals surface area contributed by atoms with E-state index in [0.717, 1.165) is 24.1 Å². The third-order valence-corrected chi connectivity index (χ3v) is 4.05. The Morgan fingerprint density at radius 3 is 2.83 bits per heavy atom. The molecule has 23 heavy (non-hydrogen) atoms. The van der Waals surface area contributed by atoms with Gasteiger partial charge in [0.15, 0.2) is 0 Å². The van der Waals surface area contributed by atoms with Gasteiger partial charge in [-0.3, -0.25) is 9.59 Å². The lowest BCUT2D eigenvalue weighted by Crippen LogP contribution is -2.38. The minimum absolute atomic E-state index is 0. The van der Waals surface area contributed by atoms with Crippen molar-refractivity contribution in [1.82, 2.24) is 10.6 Å². The number of carbonyl (C=O) groups is 2. The maximum Gasteiger partial charge on any atom is 0.310 e. The van der Waals surface area contributed by atoms with Crippen LogP contribution in [-0.4, -0.2) is 38.6 Å². The molecule has 1 saturated heterocycles. The van der Waals surface area contributed by atoms with E-state index in [1.807, 2.05) is 25.1 Å². The van der Waals surface area contributed by atoms with Crippen molar-refractivity contribution >= 4 is 24.3 Å². The molecule has 1 aliphatic heterocycles. The van der Waals surface area contributed by atoms with Crippen molar-refractivity contribution in [3.63, 3.8) is 0 Å². The Hall–Kier alpha value is -1.59. The number of ether oxygens (including phenoxy) is 1. The Kier molecular flexibility index (Phi) is 8.06. The fraction of sp³-hybridized carbons (Fsp3) is 0.529. The van der Waals surface area contributed by atoms with Crippen LogP contribution in [0.15, 0.2) is 24.3 Å². The van der Waals surface area contributed by atoms with Crippen LogP contribution >= 0.6 is 12.4 Å². The van der Waals surface area contributed by atoms with Crippen LogP contribution in [0.4, 0.5) is 0 Å². The van der Waals surface area contributed by atoms with E-state index in [4.69, 9.17) is 4.74 Å². The van der Waals surface area contributed by atoms with Crippen LogP contribution in [0.2, 0.25) is 0 Å². The Labute approximate surface area is 143 Å². The molecular weight excluding hydrogens is 316 g/mol. The largest absolute Gasteiger partial charge is 0.469 e. The van der Waals surface area contributed by atoms with E-state index in [9.17, 15) is 9.59 Å². The second-order valence-corrected chi connectivity index (χ2v) is 5.85. The molecule has 2 rings (SSSR count). The van der Waals surface area contributed by atoms with E-state index in [0.29, 0.717) is 19.5 Å². The molecule has 0 aliphatic carbocycles. The summed E-state index contributed by atoms with van der Waals surface area (Å²) in [5.41, 5.74) is 2.23. The van der Waals surface area contributed by atoms with E-state index in [1.54, 1.807) is 0 Å². The maximum absolute atomic E-state index is 12.1. The van der Waals surface area contributed by atoms with Crippen LogP contribution in [0, 0.1) is 18.8 Å². The number of nitrogens with one attached hydrogen (secondary N) is 2. The normalized spacial score (nSPS) is 17.9. The summed E-state index contributed by atoms with van der Waals surface area (Å²) in [5, 5.41) is 6.06. The monoisotopic (exact) mass is 340 g/mol. The van der Waals surface area contributed by atoms with Crippen LogP contribution in [0.5, 0.6) is 0 Å². The number of rotatable bonds is 6. The van der Waals surface area contributed by atoms with Gasteiger partial charge >= 0.3 is 5.97 Å².